The fraction of sp³-hybridized carbons (Fsp3) is 0.533. The number of hydrogen-bond donors (Lipinski definition) is 0. The van der Waals surface area contributed by atoms with Gasteiger partial charge in [0.15, 0.2) is 0 Å². The average Bonchev–Trinajstić information content (AvgIpc) is 2.71. The van der Waals surface area contributed by atoms with Gasteiger partial charge in [-0.3, -0.25) is 4.79 Å². The molecule has 0 aromatic heterocycles. The van der Waals surface area contributed by atoms with Crippen molar-refractivity contribution in [3.8, 4) is 0 Å². The van der Waals surface area contributed by atoms with E-state index in [4.69, 9.17) is 0 Å². The molecule has 2 rings (SSSR count). The maximum Gasteiger partial charge on any atom is 0.225 e. The zero-order valence-electron chi connectivity index (χ0n) is 10.9. The standard InChI is InChI=1S/C15H21NO/c1-11(2)15(17)16-9-12(3)14(10-16)13-7-5-4-6-8-13/h4-8,11-12,14H,9-10H2,1-3H3/t12-,14?/m0/s1. The number of likely N-dealkylation sites (tertiary alicyclic amines) is 1. The highest BCUT2D eigenvalue weighted by Crippen LogP contribution is 2.32. The van der Waals surface area contributed by atoms with Gasteiger partial charge in [-0.2, -0.15) is 0 Å². The van der Waals surface area contributed by atoms with Gasteiger partial charge in [0.05, 0.1) is 0 Å². The van der Waals surface area contributed by atoms with Crippen molar-refractivity contribution < 1.29 is 4.79 Å². The van der Waals surface area contributed by atoms with E-state index in [9.17, 15) is 4.79 Å². The zero-order valence-corrected chi connectivity index (χ0v) is 10.9. The minimum Gasteiger partial charge on any atom is -0.342 e. The lowest BCUT2D eigenvalue weighted by Crippen LogP contribution is -2.32. The second kappa shape index (κ2) is 4.91. The Hall–Kier alpha value is -1.31. The summed E-state index contributed by atoms with van der Waals surface area (Å²) in [7, 11) is 0. The highest BCUT2D eigenvalue weighted by Gasteiger charge is 2.33. The van der Waals surface area contributed by atoms with Gasteiger partial charge in [0.1, 0.15) is 0 Å². The normalized spacial score (nSPS) is 24.4. The number of hydrogen-bond acceptors (Lipinski definition) is 1. The van der Waals surface area contributed by atoms with Crippen LogP contribution in [-0.4, -0.2) is 23.9 Å². The van der Waals surface area contributed by atoms with Gasteiger partial charge in [-0.15, -0.1) is 0 Å². The summed E-state index contributed by atoms with van der Waals surface area (Å²) in [5, 5.41) is 0. The molecule has 1 aromatic carbocycles. The van der Waals surface area contributed by atoms with Gasteiger partial charge in [-0.1, -0.05) is 51.1 Å². The maximum atomic E-state index is 12.0. The third-order valence-electron chi connectivity index (χ3n) is 3.65. The van der Waals surface area contributed by atoms with E-state index in [-0.39, 0.29) is 11.8 Å². The van der Waals surface area contributed by atoms with Crippen LogP contribution in [0.2, 0.25) is 0 Å². The molecule has 1 fully saturated rings. The fourth-order valence-electron chi connectivity index (χ4n) is 2.65. The van der Waals surface area contributed by atoms with Crippen molar-refractivity contribution in [3.63, 3.8) is 0 Å². The molecule has 0 bridgehead atoms. The van der Waals surface area contributed by atoms with E-state index in [2.05, 4.69) is 31.2 Å². The molecule has 92 valence electrons. The van der Waals surface area contributed by atoms with Crippen molar-refractivity contribution in [2.24, 2.45) is 11.8 Å². The second-order valence-corrected chi connectivity index (χ2v) is 5.39. The van der Waals surface area contributed by atoms with Crippen LogP contribution in [0.25, 0.3) is 0 Å². The first-order chi connectivity index (χ1) is 8.09. The fourth-order valence-corrected chi connectivity index (χ4v) is 2.65. The number of nitrogens with zero attached hydrogens (tertiary/aromatic N) is 1. The summed E-state index contributed by atoms with van der Waals surface area (Å²) in [5.41, 5.74) is 1.36. The van der Waals surface area contributed by atoms with E-state index in [1.54, 1.807) is 0 Å². The lowest BCUT2D eigenvalue weighted by Gasteiger charge is -2.18. The molecule has 0 aliphatic carbocycles. The van der Waals surface area contributed by atoms with E-state index in [1.807, 2.05) is 24.8 Å². The molecule has 1 aliphatic rings. The summed E-state index contributed by atoms with van der Waals surface area (Å²) < 4.78 is 0. The van der Waals surface area contributed by atoms with E-state index in [0.29, 0.717) is 11.8 Å². The molecule has 2 atom stereocenters. The molecule has 0 saturated carbocycles. The largest absolute Gasteiger partial charge is 0.342 e. The van der Waals surface area contributed by atoms with Crippen LogP contribution in [0.1, 0.15) is 32.3 Å². The van der Waals surface area contributed by atoms with Gasteiger partial charge < -0.3 is 4.90 Å². The van der Waals surface area contributed by atoms with Crippen molar-refractivity contribution >= 4 is 5.91 Å². The minimum absolute atomic E-state index is 0.108. The summed E-state index contributed by atoms with van der Waals surface area (Å²) in [6, 6.07) is 10.5. The molecule has 2 nitrogen and oxygen atoms in total. The van der Waals surface area contributed by atoms with E-state index in [1.165, 1.54) is 5.56 Å². The summed E-state index contributed by atoms with van der Waals surface area (Å²) in [6.07, 6.45) is 0. The minimum atomic E-state index is 0.108. The zero-order chi connectivity index (χ0) is 12.4. The molecule has 1 unspecified atom stereocenters. The lowest BCUT2D eigenvalue weighted by atomic mass is 9.90. The molecule has 1 aromatic rings. The highest BCUT2D eigenvalue weighted by molar-refractivity contribution is 5.78. The van der Waals surface area contributed by atoms with Crippen molar-refractivity contribution in [3.05, 3.63) is 35.9 Å². The summed E-state index contributed by atoms with van der Waals surface area (Å²) in [6.45, 7) is 7.97. The number of carbonyl (C=O) groups excluding carboxylic acids is 1. The SMILES string of the molecule is CC(C)C(=O)N1CC(c2ccccc2)[C@@H](C)C1. The first kappa shape index (κ1) is 12.2. The van der Waals surface area contributed by atoms with Crippen molar-refractivity contribution in [2.45, 2.75) is 26.7 Å². The van der Waals surface area contributed by atoms with Crippen LogP contribution in [0.3, 0.4) is 0 Å². The molecule has 1 saturated heterocycles. The van der Waals surface area contributed by atoms with Crippen molar-refractivity contribution in [1.29, 1.82) is 0 Å². The molecule has 1 aliphatic heterocycles. The van der Waals surface area contributed by atoms with E-state index >= 15 is 0 Å². The molecule has 0 N–H and O–H groups in total. The van der Waals surface area contributed by atoms with Crippen LogP contribution in [0.4, 0.5) is 0 Å². The second-order valence-electron chi connectivity index (χ2n) is 5.39. The van der Waals surface area contributed by atoms with Crippen LogP contribution >= 0.6 is 0 Å². The van der Waals surface area contributed by atoms with Gasteiger partial charge in [-0.25, -0.2) is 0 Å². The van der Waals surface area contributed by atoms with Crippen LogP contribution in [0.15, 0.2) is 30.3 Å². The molecular weight excluding hydrogens is 210 g/mol. The topological polar surface area (TPSA) is 20.3 Å². The Labute approximate surface area is 104 Å². The molecule has 0 radical (unpaired) electrons. The van der Waals surface area contributed by atoms with E-state index < -0.39 is 0 Å². The van der Waals surface area contributed by atoms with Crippen LogP contribution < -0.4 is 0 Å². The number of rotatable bonds is 2. The third-order valence-corrected chi connectivity index (χ3v) is 3.65. The Kier molecular flexibility index (Phi) is 3.51. The molecule has 0 spiro atoms. The monoisotopic (exact) mass is 231 g/mol. The van der Waals surface area contributed by atoms with Gasteiger partial charge in [-0.05, 0) is 11.5 Å². The quantitative estimate of drug-likeness (QED) is 0.766. The number of carbonyl (C=O) groups is 1. The van der Waals surface area contributed by atoms with Crippen molar-refractivity contribution in [2.75, 3.05) is 13.1 Å². The predicted octanol–water partition coefficient (Wildman–Crippen LogP) is 2.90. The highest BCUT2D eigenvalue weighted by atomic mass is 16.2. The Morgan fingerprint density at radius 1 is 1.24 bits per heavy atom. The van der Waals surface area contributed by atoms with Gasteiger partial charge >= 0.3 is 0 Å². The molecule has 17 heavy (non-hydrogen) atoms. The smallest absolute Gasteiger partial charge is 0.225 e. The number of benzene rings is 1. The van der Waals surface area contributed by atoms with Gasteiger partial charge in [0.2, 0.25) is 5.91 Å². The average molecular weight is 231 g/mol. The van der Waals surface area contributed by atoms with E-state index in [0.717, 1.165) is 13.1 Å². The van der Waals surface area contributed by atoms with Gasteiger partial charge in [0.25, 0.3) is 0 Å². The molecular formula is C15H21NO. The predicted molar refractivity (Wildman–Crippen MR) is 69.8 cm³/mol. The Bertz CT molecular complexity index is 385. The first-order valence-corrected chi connectivity index (χ1v) is 6.43. The summed E-state index contributed by atoms with van der Waals surface area (Å²) >= 11 is 0. The van der Waals surface area contributed by atoms with Crippen LogP contribution in [0, 0.1) is 11.8 Å². The molecule has 1 heterocycles. The van der Waals surface area contributed by atoms with Crippen molar-refractivity contribution in [1.82, 2.24) is 4.90 Å². The first-order valence-electron chi connectivity index (χ1n) is 6.43. The summed E-state index contributed by atoms with van der Waals surface area (Å²) in [4.78, 5) is 14.0. The lowest BCUT2D eigenvalue weighted by molar-refractivity contribution is -0.133. The third kappa shape index (κ3) is 2.51. The van der Waals surface area contributed by atoms with Crippen LogP contribution in [-0.2, 0) is 4.79 Å². The van der Waals surface area contributed by atoms with Gasteiger partial charge in [0, 0.05) is 24.9 Å². The Morgan fingerprint density at radius 2 is 1.88 bits per heavy atom. The van der Waals surface area contributed by atoms with Crippen LogP contribution in [0.5, 0.6) is 0 Å². The number of amides is 1. The Morgan fingerprint density at radius 3 is 2.47 bits per heavy atom. The maximum absolute atomic E-state index is 12.0. The summed E-state index contributed by atoms with van der Waals surface area (Å²) in [5.74, 6) is 1.45. The molecule has 1 amide bonds. The molecule has 2 heteroatoms. The Balaban J connectivity index is 2.11.